The molecule has 0 aromatic heterocycles. The maximum atomic E-state index is 4.18. The van der Waals surface area contributed by atoms with E-state index in [1.165, 1.54) is 49.7 Å². The van der Waals surface area contributed by atoms with Crippen LogP contribution >= 0.6 is 0 Å². The Balaban J connectivity index is 2.09. The first-order valence-corrected chi connectivity index (χ1v) is 6.89. The molecule has 0 aromatic rings. The fraction of sp³-hybridized carbons (Fsp3) is 0.750. The van der Waals surface area contributed by atoms with Crippen LogP contribution in [0.25, 0.3) is 0 Å². The van der Waals surface area contributed by atoms with E-state index >= 15 is 0 Å². The third-order valence-corrected chi connectivity index (χ3v) is 3.95. The second-order valence-corrected chi connectivity index (χ2v) is 5.87. The van der Waals surface area contributed by atoms with Crippen molar-refractivity contribution in [3.63, 3.8) is 0 Å². The molecule has 0 bridgehead atoms. The Bertz CT molecular complexity index is 228. The monoisotopic (exact) mass is 220 g/mol. The van der Waals surface area contributed by atoms with Gasteiger partial charge in [-0.05, 0) is 44.4 Å². The van der Waals surface area contributed by atoms with Crippen molar-refractivity contribution >= 4 is 0 Å². The van der Waals surface area contributed by atoms with Crippen molar-refractivity contribution in [2.24, 2.45) is 11.8 Å². The minimum atomic E-state index is 0.975. The zero-order valence-electron chi connectivity index (χ0n) is 11.2. The van der Waals surface area contributed by atoms with Gasteiger partial charge in [-0.2, -0.15) is 0 Å². The summed E-state index contributed by atoms with van der Waals surface area (Å²) in [6.07, 6.45) is 10.7. The van der Waals surface area contributed by atoms with Gasteiger partial charge in [-0.25, -0.2) is 0 Å². The van der Waals surface area contributed by atoms with Crippen molar-refractivity contribution in [3.05, 3.63) is 24.3 Å². The van der Waals surface area contributed by atoms with Crippen molar-refractivity contribution in [3.8, 4) is 0 Å². The van der Waals surface area contributed by atoms with Crippen molar-refractivity contribution < 1.29 is 0 Å². The smallest absolute Gasteiger partial charge is 0.0286 e. The fourth-order valence-corrected chi connectivity index (χ4v) is 2.54. The molecule has 1 fully saturated rings. The van der Waals surface area contributed by atoms with Crippen LogP contribution in [0.2, 0.25) is 0 Å². The molecule has 0 N–H and O–H groups in total. The highest BCUT2D eigenvalue weighted by Crippen LogP contribution is 2.32. The first-order chi connectivity index (χ1) is 7.58. The van der Waals surface area contributed by atoms with Crippen LogP contribution in [-0.4, -0.2) is 0 Å². The van der Waals surface area contributed by atoms with Crippen LogP contribution in [0.3, 0.4) is 0 Å². The van der Waals surface area contributed by atoms with E-state index in [-0.39, 0.29) is 0 Å². The molecule has 0 amide bonds. The molecule has 1 aliphatic rings. The summed E-state index contributed by atoms with van der Waals surface area (Å²) in [5.41, 5.74) is 2.72. The second kappa shape index (κ2) is 6.93. The van der Waals surface area contributed by atoms with Crippen LogP contribution in [0.1, 0.15) is 65.2 Å². The molecule has 0 atom stereocenters. The van der Waals surface area contributed by atoms with Gasteiger partial charge in [0, 0.05) is 0 Å². The average molecular weight is 220 g/mol. The highest BCUT2D eigenvalue weighted by atomic mass is 14.2. The maximum absolute atomic E-state index is 4.18. The Morgan fingerprint density at radius 3 is 2.19 bits per heavy atom. The molecule has 0 saturated heterocycles. The van der Waals surface area contributed by atoms with Gasteiger partial charge < -0.3 is 0 Å². The summed E-state index contributed by atoms with van der Waals surface area (Å²) in [5, 5.41) is 0. The molecule has 0 heteroatoms. The standard InChI is InChI=1S/C16H28/c1-13(2)5-6-14(3)7-10-16-11-8-15(4)9-12-16/h15-16H,1,3,5-12H2,2,4H3. The minimum Gasteiger partial charge on any atom is -0.100 e. The number of hydrogen-bond donors (Lipinski definition) is 0. The SMILES string of the molecule is C=C(C)CCC(=C)CCC1CCC(C)CC1. The molecule has 0 heterocycles. The summed E-state index contributed by atoms with van der Waals surface area (Å²) in [4.78, 5) is 0. The molecule has 0 aromatic carbocycles. The topological polar surface area (TPSA) is 0 Å². The van der Waals surface area contributed by atoms with Gasteiger partial charge in [0.05, 0.1) is 0 Å². The maximum Gasteiger partial charge on any atom is -0.0286 e. The van der Waals surface area contributed by atoms with Crippen LogP contribution in [0.4, 0.5) is 0 Å². The third-order valence-electron chi connectivity index (χ3n) is 3.95. The zero-order valence-corrected chi connectivity index (χ0v) is 11.2. The van der Waals surface area contributed by atoms with Gasteiger partial charge in [0.1, 0.15) is 0 Å². The highest BCUT2D eigenvalue weighted by molar-refractivity contribution is 5.00. The quantitative estimate of drug-likeness (QED) is 0.518. The van der Waals surface area contributed by atoms with Gasteiger partial charge in [-0.1, -0.05) is 50.3 Å². The molecule has 0 radical (unpaired) electrons. The van der Waals surface area contributed by atoms with Gasteiger partial charge in [0.2, 0.25) is 0 Å². The van der Waals surface area contributed by atoms with E-state index in [9.17, 15) is 0 Å². The van der Waals surface area contributed by atoms with Gasteiger partial charge in [-0.15, -0.1) is 6.58 Å². The predicted molar refractivity (Wildman–Crippen MR) is 73.5 cm³/mol. The van der Waals surface area contributed by atoms with Crippen molar-refractivity contribution in [2.75, 3.05) is 0 Å². The van der Waals surface area contributed by atoms with Crippen LogP contribution < -0.4 is 0 Å². The Kier molecular flexibility index (Phi) is 5.87. The lowest BCUT2D eigenvalue weighted by Gasteiger charge is -2.26. The molecule has 0 nitrogen and oxygen atoms in total. The van der Waals surface area contributed by atoms with E-state index in [1.807, 2.05) is 0 Å². The first kappa shape index (κ1) is 13.5. The molecule has 0 spiro atoms. The van der Waals surface area contributed by atoms with Crippen molar-refractivity contribution in [2.45, 2.75) is 65.2 Å². The largest absolute Gasteiger partial charge is 0.100 e. The molecule has 1 saturated carbocycles. The minimum absolute atomic E-state index is 0.975. The van der Waals surface area contributed by atoms with Crippen molar-refractivity contribution in [1.82, 2.24) is 0 Å². The van der Waals surface area contributed by atoms with E-state index in [0.29, 0.717) is 0 Å². The summed E-state index contributed by atoms with van der Waals surface area (Å²) in [6, 6.07) is 0. The Morgan fingerprint density at radius 2 is 1.62 bits per heavy atom. The Morgan fingerprint density at radius 1 is 1.00 bits per heavy atom. The van der Waals surface area contributed by atoms with E-state index in [4.69, 9.17) is 0 Å². The highest BCUT2D eigenvalue weighted by Gasteiger charge is 2.17. The van der Waals surface area contributed by atoms with E-state index in [2.05, 4.69) is 27.0 Å². The van der Waals surface area contributed by atoms with Gasteiger partial charge in [0.25, 0.3) is 0 Å². The molecule has 0 unspecified atom stereocenters. The first-order valence-electron chi connectivity index (χ1n) is 6.89. The normalized spacial score (nSPS) is 25.4. The molecule has 0 aliphatic heterocycles. The molecule has 1 rings (SSSR count). The molecular weight excluding hydrogens is 192 g/mol. The Labute approximate surface area is 102 Å². The van der Waals surface area contributed by atoms with Gasteiger partial charge in [0.15, 0.2) is 0 Å². The van der Waals surface area contributed by atoms with E-state index in [0.717, 1.165) is 24.7 Å². The average Bonchev–Trinajstić information content (AvgIpc) is 2.25. The summed E-state index contributed by atoms with van der Waals surface area (Å²) in [5.74, 6) is 1.96. The zero-order chi connectivity index (χ0) is 12.0. The predicted octanol–water partition coefficient (Wildman–Crippen LogP) is 5.51. The summed E-state index contributed by atoms with van der Waals surface area (Å²) >= 11 is 0. The number of allylic oxidation sites excluding steroid dienone is 2. The third kappa shape index (κ3) is 5.53. The second-order valence-electron chi connectivity index (χ2n) is 5.87. The lowest BCUT2D eigenvalue weighted by Crippen LogP contribution is -2.12. The lowest BCUT2D eigenvalue weighted by molar-refractivity contribution is 0.277. The van der Waals surface area contributed by atoms with Crippen molar-refractivity contribution in [1.29, 1.82) is 0 Å². The molecule has 92 valence electrons. The van der Waals surface area contributed by atoms with Crippen LogP contribution in [0.15, 0.2) is 24.3 Å². The summed E-state index contributed by atoms with van der Waals surface area (Å²) in [7, 11) is 0. The van der Waals surface area contributed by atoms with E-state index in [1.54, 1.807) is 0 Å². The van der Waals surface area contributed by atoms with E-state index < -0.39 is 0 Å². The number of hydrogen-bond acceptors (Lipinski definition) is 0. The summed E-state index contributed by atoms with van der Waals surface area (Å²) in [6.45, 7) is 12.6. The lowest BCUT2D eigenvalue weighted by atomic mass is 9.80. The summed E-state index contributed by atoms with van der Waals surface area (Å²) < 4.78 is 0. The number of rotatable bonds is 6. The molecule has 1 aliphatic carbocycles. The van der Waals surface area contributed by atoms with Crippen LogP contribution in [0.5, 0.6) is 0 Å². The van der Waals surface area contributed by atoms with Gasteiger partial charge >= 0.3 is 0 Å². The van der Waals surface area contributed by atoms with Gasteiger partial charge in [-0.3, -0.25) is 0 Å². The fourth-order valence-electron chi connectivity index (χ4n) is 2.54. The molecular formula is C16H28. The van der Waals surface area contributed by atoms with Crippen LogP contribution in [0, 0.1) is 11.8 Å². The van der Waals surface area contributed by atoms with Crippen LogP contribution in [-0.2, 0) is 0 Å². The molecule has 16 heavy (non-hydrogen) atoms. The Hall–Kier alpha value is -0.520.